The third-order valence-corrected chi connectivity index (χ3v) is 4.98. The van der Waals surface area contributed by atoms with Crippen molar-refractivity contribution in [2.24, 2.45) is 0 Å². The Balaban J connectivity index is 1.46. The lowest BCUT2D eigenvalue weighted by molar-refractivity contribution is -0.142. The minimum Gasteiger partial charge on any atom is -0.457 e. The van der Waals surface area contributed by atoms with Crippen LogP contribution in [-0.2, 0) is 22.4 Å². The number of hydrogen-bond acceptors (Lipinski definition) is 4. The van der Waals surface area contributed by atoms with E-state index < -0.39 is 5.97 Å². The van der Waals surface area contributed by atoms with Gasteiger partial charge in [-0.25, -0.2) is 0 Å². The average Bonchev–Trinajstić information content (AvgIpc) is 3.11. The smallest absolute Gasteiger partial charge is 0.306 e. The molecule has 0 bridgehead atoms. The Morgan fingerprint density at radius 1 is 0.885 bits per heavy atom. The van der Waals surface area contributed by atoms with E-state index in [-0.39, 0.29) is 31.0 Å². The number of aryl methyl sites for hydroxylation is 2. The molecule has 0 aromatic heterocycles. The lowest BCUT2D eigenvalue weighted by atomic mass is 10.0. The van der Waals surface area contributed by atoms with E-state index in [0.717, 1.165) is 23.7 Å². The van der Waals surface area contributed by atoms with Gasteiger partial charge in [0.05, 0.1) is 6.42 Å². The van der Waals surface area contributed by atoms with Gasteiger partial charge in [-0.1, -0.05) is 40.2 Å². The lowest BCUT2D eigenvalue weighted by Gasteiger charge is -2.06. The Morgan fingerprint density at radius 2 is 1.65 bits per heavy atom. The summed E-state index contributed by atoms with van der Waals surface area (Å²) in [6.07, 6.45) is 3.27. The molecule has 1 aliphatic rings. The highest BCUT2D eigenvalue weighted by molar-refractivity contribution is 9.10. The maximum absolute atomic E-state index is 12.3. The molecule has 0 unspecified atom stereocenters. The van der Waals surface area contributed by atoms with Gasteiger partial charge in [-0.2, -0.15) is 0 Å². The van der Waals surface area contributed by atoms with Crippen molar-refractivity contribution >= 4 is 33.5 Å². The summed E-state index contributed by atoms with van der Waals surface area (Å²) in [5.41, 5.74) is 3.66. The monoisotopic (exact) mass is 414 g/mol. The average molecular weight is 415 g/mol. The highest BCUT2D eigenvalue weighted by Crippen LogP contribution is 2.23. The minimum absolute atomic E-state index is 0.0261. The molecule has 0 aliphatic heterocycles. The molecule has 2 aromatic rings. The first-order valence-electron chi connectivity index (χ1n) is 8.62. The highest BCUT2D eigenvalue weighted by Gasteiger charge is 2.16. The second-order valence-electron chi connectivity index (χ2n) is 6.35. The molecule has 0 fully saturated rings. The summed E-state index contributed by atoms with van der Waals surface area (Å²) in [6, 6.07) is 12.7. The fourth-order valence-electron chi connectivity index (χ4n) is 3.07. The highest BCUT2D eigenvalue weighted by atomic mass is 79.9. The SMILES string of the molecule is O=C(CCC(=O)c1ccc2c(c1)CCC2)OCC(=O)c1cccc(Br)c1. The van der Waals surface area contributed by atoms with Gasteiger partial charge in [0.2, 0.25) is 0 Å². The predicted octanol–water partition coefficient (Wildman–Crippen LogP) is 4.33. The summed E-state index contributed by atoms with van der Waals surface area (Å²) in [6.45, 7) is -0.317. The van der Waals surface area contributed by atoms with Crippen LogP contribution in [0.15, 0.2) is 46.9 Å². The zero-order chi connectivity index (χ0) is 18.5. The Bertz CT molecular complexity index is 857. The van der Waals surface area contributed by atoms with Gasteiger partial charge >= 0.3 is 5.97 Å². The van der Waals surface area contributed by atoms with E-state index >= 15 is 0 Å². The molecular formula is C21H19BrO4. The third kappa shape index (κ3) is 4.67. The van der Waals surface area contributed by atoms with Crippen LogP contribution in [0.1, 0.15) is 51.1 Å². The van der Waals surface area contributed by atoms with Gasteiger partial charge in [-0.15, -0.1) is 0 Å². The Kier molecular flexibility index (Phi) is 5.99. The molecule has 0 saturated heterocycles. The Hall–Kier alpha value is -2.27. The van der Waals surface area contributed by atoms with Gasteiger partial charge < -0.3 is 4.74 Å². The number of halogens is 1. The summed E-state index contributed by atoms with van der Waals surface area (Å²) >= 11 is 3.29. The molecule has 0 N–H and O–H groups in total. The van der Waals surface area contributed by atoms with Crippen molar-refractivity contribution in [3.8, 4) is 0 Å². The van der Waals surface area contributed by atoms with Crippen LogP contribution in [0.4, 0.5) is 0 Å². The second kappa shape index (κ2) is 8.41. The molecule has 0 spiro atoms. The summed E-state index contributed by atoms with van der Waals surface area (Å²) in [5, 5.41) is 0. The molecule has 4 nitrogen and oxygen atoms in total. The van der Waals surface area contributed by atoms with Crippen molar-refractivity contribution in [3.05, 3.63) is 69.2 Å². The zero-order valence-corrected chi connectivity index (χ0v) is 15.9. The first-order chi connectivity index (χ1) is 12.5. The van der Waals surface area contributed by atoms with Crippen molar-refractivity contribution in [3.63, 3.8) is 0 Å². The quantitative estimate of drug-likeness (QED) is 0.499. The molecule has 0 atom stereocenters. The van der Waals surface area contributed by atoms with Crippen molar-refractivity contribution in [1.29, 1.82) is 0 Å². The number of carbonyl (C=O) groups is 3. The summed E-state index contributed by atoms with van der Waals surface area (Å²) < 4.78 is 5.79. The molecule has 26 heavy (non-hydrogen) atoms. The van der Waals surface area contributed by atoms with Gasteiger partial charge in [0.25, 0.3) is 0 Å². The van der Waals surface area contributed by atoms with Crippen molar-refractivity contribution in [1.82, 2.24) is 0 Å². The number of hydrogen-bond donors (Lipinski definition) is 0. The van der Waals surface area contributed by atoms with Crippen LogP contribution in [0.2, 0.25) is 0 Å². The number of benzene rings is 2. The lowest BCUT2D eigenvalue weighted by Crippen LogP contribution is -2.15. The van der Waals surface area contributed by atoms with Crippen molar-refractivity contribution in [2.75, 3.05) is 6.61 Å². The Morgan fingerprint density at radius 3 is 2.46 bits per heavy atom. The maximum Gasteiger partial charge on any atom is 0.306 e. The molecule has 0 radical (unpaired) electrons. The van der Waals surface area contributed by atoms with Gasteiger partial charge in [0.1, 0.15) is 0 Å². The number of carbonyl (C=O) groups excluding carboxylic acids is 3. The zero-order valence-electron chi connectivity index (χ0n) is 14.3. The number of ketones is 2. The predicted molar refractivity (Wildman–Crippen MR) is 101 cm³/mol. The topological polar surface area (TPSA) is 60.4 Å². The summed E-state index contributed by atoms with van der Waals surface area (Å²) in [4.78, 5) is 36.1. The van der Waals surface area contributed by atoms with Crippen LogP contribution in [0.3, 0.4) is 0 Å². The molecule has 5 heteroatoms. The first-order valence-corrected chi connectivity index (χ1v) is 9.41. The van der Waals surface area contributed by atoms with Gasteiger partial charge in [-0.05, 0) is 48.6 Å². The van der Waals surface area contributed by atoms with Gasteiger partial charge in [-0.3, -0.25) is 14.4 Å². The van der Waals surface area contributed by atoms with E-state index in [1.165, 1.54) is 11.1 Å². The number of rotatable bonds is 7. The van der Waals surface area contributed by atoms with Crippen molar-refractivity contribution < 1.29 is 19.1 Å². The van der Waals surface area contributed by atoms with Crippen LogP contribution in [-0.4, -0.2) is 24.1 Å². The molecular weight excluding hydrogens is 396 g/mol. The fourth-order valence-corrected chi connectivity index (χ4v) is 3.47. The fraction of sp³-hybridized carbons (Fsp3) is 0.286. The summed E-state index contributed by atoms with van der Waals surface area (Å²) in [5.74, 6) is -0.887. The van der Waals surface area contributed by atoms with Gasteiger partial charge in [0, 0.05) is 22.0 Å². The van der Waals surface area contributed by atoms with E-state index in [4.69, 9.17) is 4.74 Å². The van der Waals surface area contributed by atoms with Crippen LogP contribution in [0.5, 0.6) is 0 Å². The third-order valence-electron chi connectivity index (χ3n) is 4.49. The standard InChI is InChI=1S/C21H19BrO4/c22-18-6-2-5-16(12-18)20(24)13-26-21(25)10-9-19(23)17-8-7-14-3-1-4-15(14)11-17/h2,5-8,11-12H,1,3-4,9-10,13H2. The number of Topliss-reactive ketones (excluding diaryl/α,β-unsaturated/α-hetero) is 2. The molecule has 2 aromatic carbocycles. The second-order valence-corrected chi connectivity index (χ2v) is 7.27. The van der Waals surface area contributed by atoms with Crippen molar-refractivity contribution in [2.45, 2.75) is 32.1 Å². The van der Waals surface area contributed by atoms with Crippen LogP contribution >= 0.6 is 15.9 Å². The van der Waals surface area contributed by atoms with E-state index in [2.05, 4.69) is 15.9 Å². The van der Waals surface area contributed by atoms with Gasteiger partial charge in [0.15, 0.2) is 18.2 Å². The molecule has 0 heterocycles. The molecule has 0 saturated carbocycles. The summed E-state index contributed by atoms with van der Waals surface area (Å²) in [7, 11) is 0. The van der Waals surface area contributed by atoms with Crippen LogP contribution in [0.25, 0.3) is 0 Å². The van der Waals surface area contributed by atoms with Crippen LogP contribution < -0.4 is 0 Å². The van der Waals surface area contributed by atoms with E-state index in [1.807, 2.05) is 24.3 Å². The molecule has 3 rings (SSSR count). The van der Waals surface area contributed by atoms with E-state index in [1.54, 1.807) is 18.2 Å². The van der Waals surface area contributed by atoms with Crippen LogP contribution in [0, 0.1) is 0 Å². The molecule has 0 amide bonds. The first kappa shape index (κ1) is 18.5. The normalized spacial score (nSPS) is 12.5. The molecule has 134 valence electrons. The number of ether oxygens (including phenoxy) is 1. The maximum atomic E-state index is 12.3. The largest absolute Gasteiger partial charge is 0.457 e. The number of fused-ring (bicyclic) bond motifs is 1. The van der Waals surface area contributed by atoms with E-state index in [0.29, 0.717) is 11.1 Å². The number of esters is 1. The Labute approximate surface area is 160 Å². The van der Waals surface area contributed by atoms with E-state index in [9.17, 15) is 14.4 Å². The molecule has 1 aliphatic carbocycles. The minimum atomic E-state index is -0.539.